The Morgan fingerprint density at radius 1 is 1.07 bits per heavy atom. The van der Waals surface area contributed by atoms with Gasteiger partial charge in [0.2, 0.25) is 12.2 Å². The van der Waals surface area contributed by atoms with Gasteiger partial charge in [0.1, 0.15) is 11.5 Å². The van der Waals surface area contributed by atoms with Crippen molar-refractivity contribution in [3.63, 3.8) is 0 Å². The van der Waals surface area contributed by atoms with Crippen molar-refractivity contribution < 1.29 is 76.1 Å². The van der Waals surface area contributed by atoms with Crippen molar-refractivity contribution >= 4 is 29.8 Å². The lowest BCUT2D eigenvalue weighted by molar-refractivity contribution is -0.206. The molecule has 4 aliphatic rings. The number of likely N-dealkylation sites (tertiary alicyclic amines) is 1. The normalized spacial score (nSPS) is 27.2. The van der Waals surface area contributed by atoms with Crippen LogP contribution in [0.25, 0.3) is 0 Å². The van der Waals surface area contributed by atoms with Gasteiger partial charge in [-0.3, -0.25) is 14.5 Å². The number of hydrogen-bond donors (Lipinski definition) is 3. The molecule has 1 aromatic carbocycles. The Hall–Kier alpha value is -4.38. The molecule has 1 aromatic rings. The number of aliphatic hydroxyl groups is 1. The second-order valence-electron chi connectivity index (χ2n) is 10.9. The zero-order chi connectivity index (χ0) is 33.6. The SMILES string of the molecule is COc1ccc2c3c1O[C@H]1C(OC(=O)[C@@H](OC(C)=O)[C@H](OC(C)=O)C(=O)O)=CC[C@H]4[C@@]31CCN(C)[C@@]4(O)C2.O=C(O)C(F)(F)F. The number of alkyl halides is 3. The second kappa shape index (κ2) is 11.8. The molecule has 0 radical (unpaired) electrons. The van der Waals surface area contributed by atoms with Crippen LogP contribution in [0.2, 0.25) is 0 Å². The number of halogens is 3. The van der Waals surface area contributed by atoms with E-state index < -0.39 is 65.5 Å². The van der Waals surface area contributed by atoms with Crippen LogP contribution in [0.15, 0.2) is 24.0 Å². The minimum absolute atomic E-state index is 0.0911. The first-order chi connectivity index (χ1) is 20.9. The molecule has 5 rings (SSSR count). The van der Waals surface area contributed by atoms with Crippen molar-refractivity contribution in [3.05, 3.63) is 35.1 Å². The molecule has 3 N–H and O–H groups in total. The minimum atomic E-state index is -5.08. The maximum Gasteiger partial charge on any atom is 0.490 e. The van der Waals surface area contributed by atoms with E-state index in [0.29, 0.717) is 37.3 Å². The summed E-state index contributed by atoms with van der Waals surface area (Å²) in [5, 5.41) is 28.6. The molecule has 2 bridgehead atoms. The first-order valence-corrected chi connectivity index (χ1v) is 13.5. The Labute approximate surface area is 253 Å². The number of rotatable bonds is 7. The van der Waals surface area contributed by atoms with E-state index in [1.165, 1.54) is 7.11 Å². The maximum atomic E-state index is 13.3. The number of allylic oxidation sites excluding steroid dienone is 1. The van der Waals surface area contributed by atoms with Crippen molar-refractivity contribution in [2.45, 2.75) is 68.7 Å². The Kier molecular flexibility index (Phi) is 8.82. The number of methoxy groups -OCH3 is 1. The molecule has 0 unspecified atom stereocenters. The molecule has 2 heterocycles. The fourth-order valence-corrected chi connectivity index (χ4v) is 6.60. The number of hydrogen-bond acceptors (Lipinski definition) is 12. The summed E-state index contributed by atoms with van der Waals surface area (Å²) in [6.45, 7) is 2.50. The van der Waals surface area contributed by atoms with Crippen LogP contribution < -0.4 is 9.47 Å². The average Bonchev–Trinajstić information content (AvgIpc) is 3.29. The lowest BCUT2D eigenvalue weighted by atomic mass is 9.51. The summed E-state index contributed by atoms with van der Waals surface area (Å²) in [5.41, 5.74) is -0.104. The Bertz CT molecular complexity index is 1460. The van der Waals surface area contributed by atoms with Gasteiger partial charge in [0.15, 0.2) is 17.6 Å². The van der Waals surface area contributed by atoms with Crippen molar-refractivity contribution in [2.24, 2.45) is 5.92 Å². The number of esters is 3. The predicted octanol–water partition coefficient (Wildman–Crippen LogP) is 1.30. The number of carboxylic acid groups (broad SMARTS) is 2. The molecule has 45 heavy (non-hydrogen) atoms. The summed E-state index contributed by atoms with van der Waals surface area (Å²) in [4.78, 5) is 59.1. The molecule has 14 nitrogen and oxygen atoms in total. The zero-order valence-electron chi connectivity index (χ0n) is 24.4. The van der Waals surface area contributed by atoms with Crippen molar-refractivity contribution in [2.75, 3.05) is 20.7 Å². The molecular formula is C28H30F3NO13. The first kappa shape index (κ1) is 33.5. The molecule has 0 saturated carbocycles. The van der Waals surface area contributed by atoms with Crippen LogP contribution in [0.1, 0.15) is 37.8 Å². The summed E-state index contributed by atoms with van der Waals surface area (Å²) in [7, 11) is 3.39. The van der Waals surface area contributed by atoms with Gasteiger partial charge in [-0.1, -0.05) is 6.07 Å². The van der Waals surface area contributed by atoms with Crippen molar-refractivity contribution in [1.82, 2.24) is 4.90 Å². The van der Waals surface area contributed by atoms with Crippen LogP contribution in [-0.4, -0.2) is 101 Å². The average molecular weight is 646 g/mol. The van der Waals surface area contributed by atoms with Crippen molar-refractivity contribution in [3.8, 4) is 11.5 Å². The molecule has 2 aliphatic heterocycles. The molecule has 6 atom stereocenters. The lowest BCUT2D eigenvalue weighted by Crippen LogP contribution is -2.70. The van der Waals surface area contributed by atoms with Crippen LogP contribution in [-0.2, 0) is 50.0 Å². The van der Waals surface area contributed by atoms with E-state index in [1.54, 1.807) is 12.1 Å². The summed E-state index contributed by atoms with van der Waals surface area (Å²) in [5.74, 6) is -6.82. The number of benzene rings is 1. The highest BCUT2D eigenvalue weighted by Gasteiger charge is 2.69. The fourth-order valence-electron chi connectivity index (χ4n) is 6.60. The van der Waals surface area contributed by atoms with E-state index in [4.69, 9.17) is 33.6 Å². The molecule has 0 amide bonds. The summed E-state index contributed by atoms with van der Waals surface area (Å²) < 4.78 is 59.1. The molecular weight excluding hydrogens is 615 g/mol. The maximum absolute atomic E-state index is 13.3. The van der Waals surface area contributed by atoms with Crippen LogP contribution in [0.5, 0.6) is 11.5 Å². The van der Waals surface area contributed by atoms with Gasteiger partial charge in [0, 0.05) is 38.3 Å². The van der Waals surface area contributed by atoms with E-state index in [9.17, 15) is 42.6 Å². The van der Waals surface area contributed by atoms with E-state index in [0.717, 1.165) is 25.0 Å². The van der Waals surface area contributed by atoms with E-state index in [-0.39, 0.29) is 11.7 Å². The van der Waals surface area contributed by atoms with Crippen LogP contribution in [0.4, 0.5) is 13.2 Å². The Morgan fingerprint density at radius 3 is 2.20 bits per heavy atom. The van der Waals surface area contributed by atoms with E-state index in [2.05, 4.69) is 0 Å². The lowest BCUT2D eigenvalue weighted by Gasteiger charge is -2.60. The molecule has 1 saturated heterocycles. The number of piperidine rings is 1. The largest absolute Gasteiger partial charge is 0.493 e. The van der Waals surface area contributed by atoms with E-state index >= 15 is 0 Å². The highest BCUT2D eigenvalue weighted by Crippen LogP contribution is 2.65. The summed E-state index contributed by atoms with van der Waals surface area (Å²) in [6.07, 6.45) is -7.16. The molecule has 17 heteroatoms. The van der Waals surface area contributed by atoms with Gasteiger partial charge in [-0.05, 0) is 37.6 Å². The van der Waals surface area contributed by atoms with Crippen LogP contribution in [0.3, 0.4) is 0 Å². The standard InChI is InChI=1S/C26H29NO11.C2HF3O2/c1-12(28)35-20(23(30)31)21(36-13(2)29)24(32)37-16-7-8-17-25-9-10-27(3)26(17,33)11-14-5-6-15(34-4)19(18(14)25)38-22(16)25;3-2(4,5)1(6)7/h5-7,17,20-22,33H,8-11H2,1-4H3,(H,30,31);(H,6,7)/t17-,20-,21-,22-,25-,26+;/m0./s1. The third kappa shape index (κ3) is 5.77. The zero-order valence-corrected chi connectivity index (χ0v) is 24.4. The number of carbonyl (C=O) groups excluding carboxylic acids is 3. The van der Waals surface area contributed by atoms with Crippen LogP contribution >= 0.6 is 0 Å². The number of ether oxygens (including phenoxy) is 5. The number of carbonyl (C=O) groups is 5. The highest BCUT2D eigenvalue weighted by molar-refractivity contribution is 5.88. The Morgan fingerprint density at radius 2 is 1.67 bits per heavy atom. The summed E-state index contributed by atoms with van der Waals surface area (Å²) >= 11 is 0. The number of likely N-dealkylation sites (N-methyl/N-ethyl adjacent to an activating group) is 1. The van der Waals surface area contributed by atoms with Gasteiger partial charge in [0.05, 0.1) is 12.5 Å². The van der Waals surface area contributed by atoms with E-state index in [1.807, 2.05) is 18.0 Å². The third-order valence-corrected chi connectivity index (χ3v) is 8.36. The van der Waals surface area contributed by atoms with Gasteiger partial charge in [0.25, 0.3) is 0 Å². The smallest absolute Gasteiger partial charge is 0.490 e. The number of carboxylic acids is 2. The second-order valence-corrected chi connectivity index (χ2v) is 10.9. The van der Waals surface area contributed by atoms with Gasteiger partial charge in [-0.25, -0.2) is 14.4 Å². The molecule has 1 fully saturated rings. The van der Waals surface area contributed by atoms with Gasteiger partial charge in [-0.15, -0.1) is 0 Å². The molecule has 0 aromatic heterocycles. The fraction of sp³-hybridized carbons (Fsp3) is 0.536. The minimum Gasteiger partial charge on any atom is -0.493 e. The first-order valence-electron chi connectivity index (χ1n) is 13.5. The van der Waals surface area contributed by atoms with Gasteiger partial charge >= 0.3 is 36.0 Å². The monoisotopic (exact) mass is 645 g/mol. The van der Waals surface area contributed by atoms with Gasteiger partial charge < -0.3 is 39.0 Å². The van der Waals surface area contributed by atoms with Gasteiger partial charge in [-0.2, -0.15) is 13.2 Å². The Balaban J connectivity index is 0.000000591. The van der Waals surface area contributed by atoms with Crippen molar-refractivity contribution in [1.29, 1.82) is 0 Å². The quantitative estimate of drug-likeness (QED) is 0.284. The molecule has 2 aliphatic carbocycles. The molecule has 1 spiro atoms. The predicted molar refractivity (Wildman–Crippen MR) is 140 cm³/mol. The highest BCUT2D eigenvalue weighted by atomic mass is 19.4. The third-order valence-electron chi connectivity index (χ3n) is 8.36. The topological polar surface area (TPSA) is 195 Å². The van der Waals surface area contributed by atoms with Crippen LogP contribution in [0, 0.1) is 5.92 Å². The summed E-state index contributed by atoms with van der Waals surface area (Å²) in [6, 6.07) is 3.67. The molecule has 246 valence electrons. The number of nitrogens with zero attached hydrogens (tertiary/aromatic N) is 1. The number of aliphatic carboxylic acids is 2.